The molecule has 0 radical (unpaired) electrons. The molecule has 0 saturated heterocycles. The summed E-state index contributed by atoms with van der Waals surface area (Å²) in [6, 6.07) is 6.43. The zero-order valence-electron chi connectivity index (χ0n) is 15.4. The predicted molar refractivity (Wildman–Crippen MR) is 96.9 cm³/mol. The van der Waals surface area contributed by atoms with E-state index in [0.717, 1.165) is 12.8 Å². The monoisotopic (exact) mass is 376 g/mol. The highest BCUT2D eigenvalue weighted by Crippen LogP contribution is 2.30. The number of benzene rings is 1. The molecule has 27 heavy (non-hydrogen) atoms. The van der Waals surface area contributed by atoms with E-state index in [9.17, 15) is 19.2 Å². The minimum absolute atomic E-state index is 0.185. The van der Waals surface area contributed by atoms with Crippen LogP contribution in [0, 0.1) is 11.8 Å². The van der Waals surface area contributed by atoms with Crippen LogP contribution in [-0.4, -0.2) is 44.5 Å². The average molecular weight is 376 g/mol. The Morgan fingerprint density at radius 1 is 1.07 bits per heavy atom. The fourth-order valence-corrected chi connectivity index (χ4v) is 3.12. The van der Waals surface area contributed by atoms with Gasteiger partial charge in [0.1, 0.15) is 6.54 Å². The van der Waals surface area contributed by atoms with E-state index >= 15 is 0 Å². The molecule has 1 aliphatic carbocycles. The summed E-state index contributed by atoms with van der Waals surface area (Å²) in [5.41, 5.74) is 0.790. The third-order valence-corrected chi connectivity index (χ3v) is 4.59. The normalized spacial score (nSPS) is 18.9. The number of rotatable bonds is 6. The average Bonchev–Trinajstić information content (AvgIpc) is 2.71. The summed E-state index contributed by atoms with van der Waals surface area (Å²) in [6.07, 6.45) is 2.68. The van der Waals surface area contributed by atoms with E-state index in [1.54, 1.807) is 18.2 Å². The number of carbonyl (C=O) groups excluding carboxylic acids is 4. The Morgan fingerprint density at radius 3 is 2.52 bits per heavy atom. The number of amides is 2. The van der Waals surface area contributed by atoms with Crippen LogP contribution in [0.2, 0.25) is 0 Å². The smallest absolute Gasteiger partial charge is 0.325 e. The van der Waals surface area contributed by atoms with E-state index in [4.69, 9.17) is 4.74 Å². The molecule has 2 amide bonds. The Balaban J connectivity index is 1.96. The van der Waals surface area contributed by atoms with E-state index < -0.39 is 11.9 Å². The zero-order valence-corrected chi connectivity index (χ0v) is 15.4. The summed E-state index contributed by atoms with van der Waals surface area (Å²) in [6.45, 7) is -0.233. The van der Waals surface area contributed by atoms with Crippen molar-refractivity contribution in [2.45, 2.75) is 25.7 Å². The Kier molecular flexibility index (Phi) is 7.34. The third kappa shape index (κ3) is 5.80. The number of carbonyl (C=O) groups is 4. The maximum absolute atomic E-state index is 12.5. The van der Waals surface area contributed by atoms with Gasteiger partial charge in [-0.2, -0.15) is 0 Å². The van der Waals surface area contributed by atoms with Crippen molar-refractivity contribution in [3.8, 4) is 0 Å². The first-order chi connectivity index (χ1) is 12.9. The van der Waals surface area contributed by atoms with Gasteiger partial charge in [0, 0.05) is 17.2 Å². The van der Waals surface area contributed by atoms with Gasteiger partial charge in [0.15, 0.2) is 0 Å². The van der Waals surface area contributed by atoms with Crippen molar-refractivity contribution >= 4 is 29.4 Å². The van der Waals surface area contributed by atoms with Gasteiger partial charge in [-0.3, -0.25) is 19.2 Å². The summed E-state index contributed by atoms with van der Waals surface area (Å²) in [5, 5.41) is 5.24. The Morgan fingerprint density at radius 2 is 1.81 bits per heavy atom. The third-order valence-electron chi connectivity index (χ3n) is 4.59. The summed E-state index contributed by atoms with van der Waals surface area (Å²) in [4.78, 5) is 47.4. The molecule has 2 atom stereocenters. The van der Waals surface area contributed by atoms with Crippen molar-refractivity contribution in [2.75, 3.05) is 26.1 Å². The van der Waals surface area contributed by atoms with Crippen molar-refractivity contribution < 1.29 is 28.7 Å². The molecule has 0 aliphatic heterocycles. The molecule has 1 saturated carbocycles. The zero-order chi connectivity index (χ0) is 19.8. The molecular weight excluding hydrogens is 352 g/mol. The molecule has 0 bridgehead atoms. The lowest BCUT2D eigenvalue weighted by atomic mass is 9.81. The lowest BCUT2D eigenvalue weighted by molar-refractivity contribution is -0.147. The van der Waals surface area contributed by atoms with Crippen LogP contribution in [0.4, 0.5) is 5.69 Å². The maximum atomic E-state index is 12.5. The van der Waals surface area contributed by atoms with Gasteiger partial charge in [-0.25, -0.2) is 0 Å². The van der Waals surface area contributed by atoms with Gasteiger partial charge in [0.25, 0.3) is 5.91 Å². The summed E-state index contributed by atoms with van der Waals surface area (Å²) in [5.74, 6) is -1.99. The minimum atomic E-state index is -0.551. The molecule has 1 aliphatic rings. The molecule has 1 aromatic carbocycles. The van der Waals surface area contributed by atoms with Gasteiger partial charge >= 0.3 is 11.9 Å². The Hall–Kier alpha value is -2.90. The number of ether oxygens (including phenoxy) is 2. The largest absolute Gasteiger partial charge is 0.469 e. The number of hydrogen-bond donors (Lipinski definition) is 2. The van der Waals surface area contributed by atoms with Crippen molar-refractivity contribution in [1.82, 2.24) is 5.32 Å². The number of nitrogens with one attached hydrogen (secondary N) is 2. The summed E-state index contributed by atoms with van der Waals surface area (Å²) in [7, 11) is 2.59. The fraction of sp³-hybridized carbons (Fsp3) is 0.474. The second-order valence-electron chi connectivity index (χ2n) is 6.41. The topological polar surface area (TPSA) is 111 Å². The molecule has 1 aromatic rings. The van der Waals surface area contributed by atoms with E-state index in [2.05, 4.69) is 15.4 Å². The number of hydrogen-bond acceptors (Lipinski definition) is 6. The molecule has 0 unspecified atom stereocenters. The number of methoxy groups -OCH3 is 2. The Bertz CT molecular complexity index is 718. The van der Waals surface area contributed by atoms with E-state index in [-0.39, 0.29) is 30.3 Å². The molecular formula is C19H24N2O6. The lowest BCUT2D eigenvalue weighted by Crippen LogP contribution is -2.32. The predicted octanol–water partition coefficient (Wildman–Crippen LogP) is 1.51. The van der Waals surface area contributed by atoms with Crippen LogP contribution in [0.1, 0.15) is 36.0 Å². The van der Waals surface area contributed by atoms with Gasteiger partial charge in [0.05, 0.1) is 20.1 Å². The lowest BCUT2D eigenvalue weighted by Gasteiger charge is -2.26. The maximum Gasteiger partial charge on any atom is 0.325 e. The van der Waals surface area contributed by atoms with E-state index in [1.165, 1.54) is 20.3 Å². The summed E-state index contributed by atoms with van der Waals surface area (Å²) < 4.78 is 9.25. The van der Waals surface area contributed by atoms with Gasteiger partial charge in [0.2, 0.25) is 5.91 Å². The molecule has 0 aromatic heterocycles. The minimum Gasteiger partial charge on any atom is -0.469 e. The van der Waals surface area contributed by atoms with Crippen LogP contribution in [0.25, 0.3) is 0 Å². The first kappa shape index (κ1) is 20.4. The van der Waals surface area contributed by atoms with E-state index in [1.807, 2.05) is 0 Å². The van der Waals surface area contributed by atoms with Crippen LogP contribution >= 0.6 is 0 Å². The van der Waals surface area contributed by atoms with Gasteiger partial charge in [-0.1, -0.05) is 12.5 Å². The quantitative estimate of drug-likeness (QED) is 0.728. The first-order valence-electron chi connectivity index (χ1n) is 8.78. The van der Waals surface area contributed by atoms with Crippen molar-refractivity contribution in [2.24, 2.45) is 11.8 Å². The molecule has 0 spiro atoms. The molecule has 8 heteroatoms. The van der Waals surface area contributed by atoms with Crippen molar-refractivity contribution in [1.29, 1.82) is 0 Å². The Labute approximate surface area is 157 Å². The second kappa shape index (κ2) is 9.70. The SMILES string of the molecule is COC(=O)CNC(=O)c1cccc(NC(=O)[C@@H]2CCC[C@H](C(=O)OC)C2)c1. The molecule has 2 N–H and O–H groups in total. The van der Waals surface area contributed by atoms with Crippen LogP contribution in [0.5, 0.6) is 0 Å². The van der Waals surface area contributed by atoms with Crippen LogP contribution < -0.4 is 10.6 Å². The second-order valence-corrected chi connectivity index (χ2v) is 6.41. The first-order valence-corrected chi connectivity index (χ1v) is 8.78. The van der Waals surface area contributed by atoms with Crippen LogP contribution in [0.3, 0.4) is 0 Å². The highest BCUT2D eigenvalue weighted by Gasteiger charge is 2.31. The number of esters is 2. The van der Waals surface area contributed by atoms with Crippen molar-refractivity contribution in [3.63, 3.8) is 0 Å². The fourth-order valence-electron chi connectivity index (χ4n) is 3.12. The van der Waals surface area contributed by atoms with Crippen molar-refractivity contribution in [3.05, 3.63) is 29.8 Å². The number of anilines is 1. The van der Waals surface area contributed by atoms with Gasteiger partial charge in [-0.15, -0.1) is 0 Å². The van der Waals surface area contributed by atoms with Crippen LogP contribution in [0.15, 0.2) is 24.3 Å². The molecule has 0 heterocycles. The van der Waals surface area contributed by atoms with E-state index in [0.29, 0.717) is 24.1 Å². The van der Waals surface area contributed by atoms with Crippen LogP contribution in [-0.2, 0) is 23.9 Å². The van der Waals surface area contributed by atoms with Gasteiger partial charge in [-0.05, 0) is 37.5 Å². The standard InChI is InChI=1S/C19H24N2O6/c1-26-16(22)11-20-17(23)13-6-4-8-15(10-13)21-18(24)12-5-3-7-14(9-12)19(25)27-2/h4,6,8,10,12,14H,3,5,7,9,11H2,1-2H3,(H,20,23)(H,21,24)/t12-,14+/m1/s1. The highest BCUT2D eigenvalue weighted by atomic mass is 16.5. The summed E-state index contributed by atoms with van der Waals surface area (Å²) >= 11 is 0. The van der Waals surface area contributed by atoms with Gasteiger partial charge < -0.3 is 20.1 Å². The molecule has 146 valence electrons. The molecule has 1 fully saturated rings. The highest BCUT2D eigenvalue weighted by molar-refractivity contribution is 5.98. The molecule has 2 rings (SSSR count). The molecule has 8 nitrogen and oxygen atoms in total.